The van der Waals surface area contributed by atoms with Crippen LogP contribution < -0.4 is 10.6 Å². The summed E-state index contributed by atoms with van der Waals surface area (Å²) in [6.45, 7) is 4.20. The number of benzene rings is 1. The fourth-order valence-electron chi connectivity index (χ4n) is 3.68. The number of aromatic nitrogens is 2. The van der Waals surface area contributed by atoms with Crippen LogP contribution in [0.1, 0.15) is 39.3 Å². The Morgan fingerprint density at radius 2 is 2.00 bits per heavy atom. The predicted octanol–water partition coefficient (Wildman–Crippen LogP) is 4.85. The largest absolute Gasteiger partial charge is 0.461 e. The minimum atomic E-state index is -0.156. The zero-order valence-corrected chi connectivity index (χ0v) is 18.6. The molecule has 1 aliphatic carbocycles. The molecule has 2 N–H and O–H groups in total. The number of amides is 2. The van der Waals surface area contributed by atoms with Crippen LogP contribution in [0.2, 0.25) is 0 Å². The van der Waals surface area contributed by atoms with E-state index in [1.54, 1.807) is 12.3 Å². The maximum atomic E-state index is 13.0. The highest BCUT2D eigenvalue weighted by atomic mass is 32.1. The fourth-order valence-corrected chi connectivity index (χ4v) is 4.83. The number of carbonyl (C=O) groups is 2. The Morgan fingerprint density at radius 1 is 1.16 bits per heavy atom. The normalized spacial score (nSPS) is 13.3. The minimum absolute atomic E-state index is 0.0671. The molecule has 5 rings (SSSR count). The zero-order valence-electron chi connectivity index (χ0n) is 17.8. The van der Waals surface area contributed by atoms with Crippen molar-refractivity contribution in [2.75, 3.05) is 5.32 Å². The van der Waals surface area contributed by atoms with Gasteiger partial charge in [0.25, 0.3) is 5.91 Å². The summed E-state index contributed by atoms with van der Waals surface area (Å²) in [5.74, 6) is 1.17. The lowest BCUT2D eigenvalue weighted by Gasteiger charge is -2.08. The molecule has 1 aliphatic rings. The number of carbonyl (C=O) groups excluding carboxylic acids is 2. The van der Waals surface area contributed by atoms with Crippen molar-refractivity contribution in [2.24, 2.45) is 5.92 Å². The molecule has 4 aromatic rings. The molecule has 1 fully saturated rings. The van der Waals surface area contributed by atoms with E-state index in [1.807, 2.05) is 44.2 Å². The van der Waals surface area contributed by atoms with Gasteiger partial charge in [-0.3, -0.25) is 9.59 Å². The summed E-state index contributed by atoms with van der Waals surface area (Å²) in [6.07, 6.45) is 3.51. The summed E-state index contributed by atoms with van der Waals surface area (Å²) in [6, 6.07) is 11.2. The second-order valence-corrected chi connectivity index (χ2v) is 8.99. The number of nitrogens with zero attached hydrogens (tertiary/aromatic N) is 2. The van der Waals surface area contributed by atoms with Crippen molar-refractivity contribution in [1.29, 1.82) is 0 Å². The minimum Gasteiger partial charge on any atom is -0.461 e. The van der Waals surface area contributed by atoms with Gasteiger partial charge in [-0.1, -0.05) is 12.1 Å². The van der Waals surface area contributed by atoms with E-state index in [1.165, 1.54) is 11.3 Å². The van der Waals surface area contributed by atoms with E-state index in [0.29, 0.717) is 23.0 Å². The molecule has 2 amide bonds. The first kappa shape index (κ1) is 20.4. The monoisotopic (exact) mass is 446 g/mol. The maximum Gasteiger partial charge on any atom is 0.261 e. The lowest BCUT2D eigenvalue weighted by atomic mass is 10.1. The summed E-state index contributed by atoms with van der Waals surface area (Å²) in [4.78, 5) is 35.5. The number of hydrogen-bond donors (Lipinski definition) is 2. The van der Waals surface area contributed by atoms with Crippen LogP contribution in [-0.4, -0.2) is 21.8 Å². The van der Waals surface area contributed by atoms with Crippen LogP contribution in [0.25, 0.3) is 21.8 Å². The number of rotatable bonds is 6. The van der Waals surface area contributed by atoms with Gasteiger partial charge in [-0.15, -0.1) is 11.3 Å². The molecular formula is C24H22N4O3S. The van der Waals surface area contributed by atoms with Gasteiger partial charge in [0.15, 0.2) is 11.6 Å². The number of fused-ring (bicyclic) bond motifs is 1. The van der Waals surface area contributed by atoms with Crippen molar-refractivity contribution < 1.29 is 14.0 Å². The van der Waals surface area contributed by atoms with Gasteiger partial charge in [0, 0.05) is 23.5 Å². The topological polar surface area (TPSA) is 97.1 Å². The van der Waals surface area contributed by atoms with Crippen molar-refractivity contribution in [3.63, 3.8) is 0 Å². The van der Waals surface area contributed by atoms with Crippen LogP contribution in [0.15, 0.2) is 47.1 Å². The molecule has 0 bridgehead atoms. The van der Waals surface area contributed by atoms with Crippen LogP contribution in [0.3, 0.4) is 0 Å². The van der Waals surface area contributed by atoms with Crippen molar-refractivity contribution in [3.8, 4) is 11.6 Å². The van der Waals surface area contributed by atoms with Crippen LogP contribution in [0.4, 0.5) is 5.69 Å². The predicted molar refractivity (Wildman–Crippen MR) is 124 cm³/mol. The number of hydrogen-bond acceptors (Lipinski definition) is 6. The van der Waals surface area contributed by atoms with Crippen molar-refractivity contribution in [3.05, 3.63) is 64.4 Å². The molecule has 1 aromatic carbocycles. The van der Waals surface area contributed by atoms with E-state index >= 15 is 0 Å². The second kappa shape index (κ2) is 8.20. The highest BCUT2D eigenvalue weighted by molar-refractivity contribution is 7.20. The van der Waals surface area contributed by atoms with E-state index in [4.69, 9.17) is 4.42 Å². The number of nitrogens with one attached hydrogen (secondary N) is 2. The molecule has 0 atom stereocenters. The molecule has 8 heteroatoms. The number of aryl methyl sites for hydroxylation is 2. The molecule has 1 saturated carbocycles. The lowest BCUT2D eigenvalue weighted by Crippen LogP contribution is -2.22. The molecular weight excluding hydrogens is 424 g/mol. The quantitative estimate of drug-likeness (QED) is 0.441. The smallest absolute Gasteiger partial charge is 0.261 e. The summed E-state index contributed by atoms with van der Waals surface area (Å²) in [5, 5.41) is 6.83. The molecule has 0 aliphatic heterocycles. The maximum absolute atomic E-state index is 13.0. The first-order valence-electron chi connectivity index (χ1n) is 10.5. The average molecular weight is 447 g/mol. The van der Waals surface area contributed by atoms with Gasteiger partial charge in [-0.05, 0) is 62.1 Å². The Bertz CT molecular complexity index is 1320. The zero-order chi connectivity index (χ0) is 22.2. The van der Waals surface area contributed by atoms with E-state index in [2.05, 4.69) is 20.6 Å². The highest BCUT2D eigenvalue weighted by Gasteiger charge is 2.29. The molecule has 0 spiro atoms. The number of anilines is 1. The van der Waals surface area contributed by atoms with Crippen LogP contribution in [0, 0.1) is 19.8 Å². The Balaban J connectivity index is 1.33. The molecule has 7 nitrogen and oxygen atoms in total. The third-order valence-electron chi connectivity index (χ3n) is 5.51. The van der Waals surface area contributed by atoms with Crippen molar-refractivity contribution >= 4 is 39.1 Å². The van der Waals surface area contributed by atoms with Crippen LogP contribution >= 0.6 is 11.3 Å². The van der Waals surface area contributed by atoms with Crippen LogP contribution in [-0.2, 0) is 11.3 Å². The molecule has 0 saturated heterocycles. The van der Waals surface area contributed by atoms with Gasteiger partial charge < -0.3 is 15.1 Å². The van der Waals surface area contributed by atoms with E-state index in [0.717, 1.165) is 45.6 Å². The Morgan fingerprint density at radius 3 is 2.75 bits per heavy atom. The standard InChI is InChI=1S/C24H22N4O3S/c1-13-19-14(2)26-21(18-7-4-10-31-18)28-24(19)32-20(13)23(30)25-12-15-5-3-6-17(11-15)27-22(29)16-8-9-16/h3-7,10-11,16H,8-9,12H2,1-2H3,(H,25,30)(H,27,29). The van der Waals surface area contributed by atoms with Crippen LogP contribution in [0.5, 0.6) is 0 Å². The SMILES string of the molecule is Cc1nc(-c2ccco2)nc2sc(C(=O)NCc3cccc(NC(=O)C4CC4)c3)c(C)c12. The van der Waals surface area contributed by atoms with Crippen molar-refractivity contribution in [1.82, 2.24) is 15.3 Å². The third-order valence-corrected chi connectivity index (χ3v) is 6.70. The van der Waals surface area contributed by atoms with E-state index < -0.39 is 0 Å². The average Bonchev–Trinajstić information content (AvgIpc) is 3.38. The summed E-state index contributed by atoms with van der Waals surface area (Å²) in [7, 11) is 0. The summed E-state index contributed by atoms with van der Waals surface area (Å²) >= 11 is 1.35. The second-order valence-electron chi connectivity index (χ2n) is 7.99. The first-order valence-corrected chi connectivity index (χ1v) is 11.3. The van der Waals surface area contributed by atoms with Crippen molar-refractivity contribution in [2.45, 2.75) is 33.2 Å². The van der Waals surface area contributed by atoms with Gasteiger partial charge in [-0.25, -0.2) is 9.97 Å². The first-order chi connectivity index (χ1) is 15.5. The van der Waals surface area contributed by atoms with Gasteiger partial charge in [0.1, 0.15) is 4.83 Å². The Labute approximate surface area is 188 Å². The van der Waals surface area contributed by atoms with E-state index in [9.17, 15) is 9.59 Å². The molecule has 0 unspecified atom stereocenters. The van der Waals surface area contributed by atoms with Gasteiger partial charge in [0.2, 0.25) is 5.91 Å². The molecule has 3 aromatic heterocycles. The number of furan rings is 1. The van der Waals surface area contributed by atoms with Gasteiger partial charge in [0.05, 0.1) is 16.8 Å². The molecule has 32 heavy (non-hydrogen) atoms. The summed E-state index contributed by atoms with van der Waals surface area (Å²) < 4.78 is 5.42. The Hall–Kier alpha value is -3.52. The summed E-state index contributed by atoms with van der Waals surface area (Å²) in [5.41, 5.74) is 3.36. The molecule has 3 heterocycles. The molecule has 0 radical (unpaired) electrons. The Kier molecular flexibility index (Phi) is 5.22. The number of thiophene rings is 1. The van der Waals surface area contributed by atoms with Gasteiger partial charge >= 0.3 is 0 Å². The third kappa shape index (κ3) is 4.01. The fraction of sp³-hybridized carbons (Fsp3) is 0.250. The highest BCUT2D eigenvalue weighted by Crippen LogP contribution is 2.33. The van der Waals surface area contributed by atoms with Gasteiger partial charge in [-0.2, -0.15) is 0 Å². The van der Waals surface area contributed by atoms with E-state index in [-0.39, 0.29) is 17.7 Å². The molecule has 162 valence electrons. The lowest BCUT2D eigenvalue weighted by molar-refractivity contribution is -0.117.